The van der Waals surface area contributed by atoms with Gasteiger partial charge in [0.2, 0.25) is 0 Å². The van der Waals surface area contributed by atoms with Crippen molar-refractivity contribution in [3.63, 3.8) is 0 Å². The summed E-state index contributed by atoms with van der Waals surface area (Å²) >= 11 is 0. The van der Waals surface area contributed by atoms with Crippen LogP contribution in [-0.2, 0) is 9.47 Å². The molecule has 0 aromatic heterocycles. The maximum absolute atomic E-state index is 9.38. The van der Waals surface area contributed by atoms with Crippen molar-refractivity contribution >= 4 is 0 Å². The van der Waals surface area contributed by atoms with Crippen LogP contribution in [0.4, 0.5) is 0 Å². The predicted octanol–water partition coefficient (Wildman–Crippen LogP) is -2.57. The van der Waals surface area contributed by atoms with Crippen LogP contribution >= 0.6 is 0 Å². The molecule has 1 rings (SSSR count). The summed E-state index contributed by atoms with van der Waals surface area (Å²) in [6.45, 7) is -0.390. The molecule has 0 radical (unpaired) electrons. The van der Waals surface area contributed by atoms with Crippen molar-refractivity contribution in [1.29, 1.82) is 0 Å². The summed E-state index contributed by atoms with van der Waals surface area (Å²) in [5.41, 5.74) is 0. The van der Waals surface area contributed by atoms with E-state index in [0.29, 0.717) is 0 Å². The molecule has 1 fully saturated rings. The highest BCUT2D eigenvalue weighted by Crippen LogP contribution is 2.21. The molecule has 2 unspecified atom stereocenters. The Morgan fingerprint density at radius 3 is 2.31 bits per heavy atom. The van der Waals surface area contributed by atoms with Crippen LogP contribution < -0.4 is 0 Å². The number of hydrogen-bond donors (Lipinski definition) is 4. The number of aliphatic hydroxyl groups is 4. The number of methoxy groups -OCH3 is 1. The fourth-order valence-electron chi connectivity index (χ4n) is 1.36. The first-order valence-corrected chi connectivity index (χ1v) is 3.95. The van der Waals surface area contributed by atoms with E-state index in [1.54, 1.807) is 0 Å². The first-order chi connectivity index (χ1) is 6.11. The molecule has 0 aromatic carbocycles. The van der Waals surface area contributed by atoms with Crippen LogP contribution in [0, 0.1) is 0 Å². The van der Waals surface area contributed by atoms with E-state index >= 15 is 0 Å². The average molecular weight is 194 g/mol. The lowest BCUT2D eigenvalue weighted by Crippen LogP contribution is -2.59. The molecule has 0 spiro atoms. The first-order valence-electron chi connectivity index (χ1n) is 3.95. The van der Waals surface area contributed by atoms with Crippen molar-refractivity contribution in [3.05, 3.63) is 0 Å². The molecule has 1 aliphatic heterocycles. The Kier molecular flexibility index (Phi) is 3.60. The lowest BCUT2D eigenvalue weighted by molar-refractivity contribution is -0.290. The van der Waals surface area contributed by atoms with E-state index < -0.39 is 30.7 Å². The minimum atomic E-state index is -1.49. The van der Waals surface area contributed by atoms with Gasteiger partial charge >= 0.3 is 0 Å². The van der Waals surface area contributed by atoms with Gasteiger partial charge in [-0.3, -0.25) is 0 Å². The van der Waals surface area contributed by atoms with Gasteiger partial charge < -0.3 is 29.9 Å². The molecule has 1 heterocycles. The zero-order valence-corrected chi connectivity index (χ0v) is 7.20. The first kappa shape index (κ1) is 10.8. The average Bonchev–Trinajstić information content (AvgIpc) is 2.13. The summed E-state index contributed by atoms with van der Waals surface area (Å²) in [6.07, 6.45) is -5.81. The second kappa shape index (κ2) is 4.32. The summed E-state index contributed by atoms with van der Waals surface area (Å²) in [7, 11) is 1.32. The molecule has 0 aromatic rings. The molecule has 13 heavy (non-hydrogen) atoms. The fourth-order valence-corrected chi connectivity index (χ4v) is 1.36. The highest BCUT2D eigenvalue weighted by molar-refractivity contribution is 4.89. The third kappa shape index (κ3) is 1.98. The minimum absolute atomic E-state index is 0.390. The monoisotopic (exact) mass is 194 g/mol. The molecule has 1 aliphatic rings. The zero-order valence-electron chi connectivity index (χ0n) is 7.20. The smallest absolute Gasteiger partial charge is 0.184 e. The van der Waals surface area contributed by atoms with Crippen LogP contribution in [0.2, 0.25) is 0 Å². The van der Waals surface area contributed by atoms with E-state index in [4.69, 9.17) is 19.7 Å². The maximum Gasteiger partial charge on any atom is 0.184 e. The van der Waals surface area contributed by atoms with Crippen molar-refractivity contribution in [2.75, 3.05) is 13.7 Å². The van der Waals surface area contributed by atoms with Gasteiger partial charge in [0.25, 0.3) is 0 Å². The van der Waals surface area contributed by atoms with Crippen molar-refractivity contribution in [1.82, 2.24) is 0 Å². The summed E-state index contributed by atoms with van der Waals surface area (Å²) in [5, 5.41) is 36.4. The van der Waals surface area contributed by atoms with Gasteiger partial charge in [0.05, 0.1) is 6.61 Å². The molecule has 0 bridgehead atoms. The van der Waals surface area contributed by atoms with E-state index in [-0.39, 0.29) is 6.61 Å². The van der Waals surface area contributed by atoms with Crippen LogP contribution in [0.5, 0.6) is 0 Å². The second-order valence-corrected chi connectivity index (χ2v) is 2.93. The summed E-state index contributed by atoms with van der Waals surface area (Å²) in [6, 6.07) is 0. The Morgan fingerprint density at radius 2 is 1.85 bits per heavy atom. The molecule has 6 nitrogen and oxygen atoms in total. The fraction of sp³-hybridized carbons (Fsp3) is 1.00. The van der Waals surface area contributed by atoms with Crippen LogP contribution in [0.15, 0.2) is 0 Å². The van der Waals surface area contributed by atoms with Gasteiger partial charge in [-0.15, -0.1) is 0 Å². The standard InChI is InChI=1S/C7H14O6/c1-12-6-3(2-8)13-7(11)5(10)4(6)9/h3-11H,2H2,1H3/t3?,4-,5?,6+,7+/m0/s1. The van der Waals surface area contributed by atoms with E-state index in [1.165, 1.54) is 7.11 Å². The third-order valence-corrected chi connectivity index (χ3v) is 2.11. The van der Waals surface area contributed by atoms with E-state index in [1.807, 2.05) is 0 Å². The van der Waals surface area contributed by atoms with Gasteiger partial charge in [-0.2, -0.15) is 0 Å². The number of aliphatic hydroxyl groups excluding tert-OH is 4. The third-order valence-electron chi connectivity index (χ3n) is 2.11. The maximum atomic E-state index is 9.38. The second-order valence-electron chi connectivity index (χ2n) is 2.93. The Bertz CT molecular complexity index is 161. The Hall–Kier alpha value is -0.240. The van der Waals surface area contributed by atoms with Gasteiger partial charge in [-0.1, -0.05) is 0 Å². The zero-order chi connectivity index (χ0) is 10.0. The Balaban J connectivity index is 2.69. The van der Waals surface area contributed by atoms with Crippen molar-refractivity contribution in [2.45, 2.75) is 30.7 Å². The Labute approximate surface area is 75.3 Å². The van der Waals surface area contributed by atoms with Crippen molar-refractivity contribution in [2.24, 2.45) is 0 Å². The van der Waals surface area contributed by atoms with Crippen LogP contribution in [0.25, 0.3) is 0 Å². The van der Waals surface area contributed by atoms with E-state index in [9.17, 15) is 10.2 Å². The van der Waals surface area contributed by atoms with Gasteiger partial charge in [0.15, 0.2) is 6.29 Å². The quantitative estimate of drug-likeness (QED) is 0.386. The summed E-state index contributed by atoms with van der Waals surface area (Å²) in [5.74, 6) is 0. The van der Waals surface area contributed by atoms with Crippen molar-refractivity contribution in [3.8, 4) is 0 Å². The summed E-state index contributed by atoms with van der Waals surface area (Å²) in [4.78, 5) is 0. The lowest BCUT2D eigenvalue weighted by atomic mass is 9.99. The van der Waals surface area contributed by atoms with E-state index in [0.717, 1.165) is 0 Å². The van der Waals surface area contributed by atoms with Gasteiger partial charge in [0.1, 0.15) is 24.4 Å². The number of ether oxygens (including phenoxy) is 2. The SMILES string of the molecule is CO[C@@H]1C(CO)O[C@@H](O)C(O)[C@@H]1O. The number of rotatable bonds is 2. The molecule has 1 saturated heterocycles. The molecule has 0 amide bonds. The Morgan fingerprint density at radius 1 is 1.23 bits per heavy atom. The van der Waals surface area contributed by atoms with Crippen LogP contribution in [0.1, 0.15) is 0 Å². The van der Waals surface area contributed by atoms with Gasteiger partial charge in [0, 0.05) is 7.11 Å². The largest absolute Gasteiger partial charge is 0.394 e. The molecule has 0 aliphatic carbocycles. The van der Waals surface area contributed by atoms with Gasteiger partial charge in [-0.05, 0) is 0 Å². The van der Waals surface area contributed by atoms with Gasteiger partial charge in [-0.25, -0.2) is 0 Å². The highest BCUT2D eigenvalue weighted by atomic mass is 16.6. The molecule has 6 heteroatoms. The van der Waals surface area contributed by atoms with E-state index in [2.05, 4.69) is 0 Å². The normalized spacial score (nSPS) is 46.4. The minimum Gasteiger partial charge on any atom is -0.394 e. The lowest BCUT2D eigenvalue weighted by Gasteiger charge is -2.39. The molecular weight excluding hydrogens is 180 g/mol. The molecular formula is C7H14O6. The molecule has 5 atom stereocenters. The summed E-state index contributed by atoms with van der Waals surface area (Å²) < 4.78 is 9.61. The molecule has 78 valence electrons. The van der Waals surface area contributed by atoms with Crippen molar-refractivity contribution < 1.29 is 29.9 Å². The highest BCUT2D eigenvalue weighted by Gasteiger charge is 2.43. The number of hydrogen-bond acceptors (Lipinski definition) is 6. The molecule has 0 saturated carbocycles. The molecule has 4 N–H and O–H groups in total. The van der Waals surface area contributed by atoms with Crippen LogP contribution in [-0.4, -0.2) is 64.8 Å². The predicted molar refractivity (Wildman–Crippen MR) is 40.8 cm³/mol. The van der Waals surface area contributed by atoms with Crippen LogP contribution in [0.3, 0.4) is 0 Å². The topological polar surface area (TPSA) is 99.4 Å².